The molecule has 0 radical (unpaired) electrons. The number of anilines is 1. The summed E-state index contributed by atoms with van der Waals surface area (Å²) in [4.78, 5) is 13.3. The lowest BCUT2D eigenvalue weighted by Crippen LogP contribution is -2.49. The SMILES string of the molecule is CC[C@H](C(=O)N[C@H](C)c1cc(C(C)C)c(OC)cc1C)N(c1ccc(Cl)c(Cl)c1)S(C)(=O)=O. The van der Waals surface area contributed by atoms with Crippen molar-refractivity contribution in [2.45, 2.75) is 59.0 Å². The Hall–Kier alpha value is -1.96. The molecular formula is C24H32Cl2N2O4S. The number of hydrogen-bond acceptors (Lipinski definition) is 4. The van der Waals surface area contributed by atoms with Gasteiger partial charge in [-0.15, -0.1) is 0 Å². The van der Waals surface area contributed by atoms with Gasteiger partial charge < -0.3 is 10.1 Å². The van der Waals surface area contributed by atoms with Gasteiger partial charge in [-0.2, -0.15) is 0 Å². The van der Waals surface area contributed by atoms with Crippen LogP contribution in [0.3, 0.4) is 0 Å². The Morgan fingerprint density at radius 2 is 1.73 bits per heavy atom. The minimum Gasteiger partial charge on any atom is -0.496 e. The second-order valence-electron chi connectivity index (χ2n) is 8.42. The number of carbonyl (C=O) groups excluding carboxylic acids is 1. The van der Waals surface area contributed by atoms with Crippen LogP contribution in [0.1, 0.15) is 62.8 Å². The molecule has 182 valence electrons. The van der Waals surface area contributed by atoms with Gasteiger partial charge in [-0.1, -0.05) is 44.0 Å². The van der Waals surface area contributed by atoms with Crippen LogP contribution in [0.25, 0.3) is 0 Å². The highest BCUT2D eigenvalue weighted by Crippen LogP contribution is 2.33. The van der Waals surface area contributed by atoms with Crippen molar-refractivity contribution in [1.29, 1.82) is 0 Å². The molecule has 0 bridgehead atoms. The number of nitrogens with one attached hydrogen (secondary N) is 1. The quantitative estimate of drug-likeness (QED) is 0.454. The average molecular weight is 516 g/mol. The summed E-state index contributed by atoms with van der Waals surface area (Å²) in [5, 5.41) is 3.51. The maximum Gasteiger partial charge on any atom is 0.244 e. The fraction of sp³-hybridized carbons (Fsp3) is 0.458. The highest BCUT2D eigenvalue weighted by Gasteiger charge is 2.32. The van der Waals surface area contributed by atoms with Gasteiger partial charge in [-0.3, -0.25) is 9.10 Å². The minimum atomic E-state index is -3.79. The third kappa shape index (κ3) is 6.34. The monoisotopic (exact) mass is 514 g/mol. The lowest BCUT2D eigenvalue weighted by atomic mass is 9.93. The molecule has 0 heterocycles. The first kappa shape index (κ1) is 27.3. The zero-order chi connectivity index (χ0) is 25.1. The fourth-order valence-corrected chi connectivity index (χ4v) is 5.38. The molecule has 0 aliphatic carbocycles. The average Bonchev–Trinajstić information content (AvgIpc) is 2.72. The molecule has 2 aromatic rings. The standard InChI is InChI=1S/C24H32Cl2N2O4S/c1-8-22(28(33(7,30)31)17-9-10-20(25)21(26)12-17)24(29)27-16(5)19-13-18(14(2)3)23(32-6)11-15(19)4/h9-14,16,22H,8H2,1-7H3,(H,27,29)/t16-,22-/m1/s1. The molecule has 0 aliphatic heterocycles. The van der Waals surface area contributed by atoms with E-state index in [1.54, 1.807) is 14.0 Å². The van der Waals surface area contributed by atoms with E-state index in [0.29, 0.717) is 5.02 Å². The minimum absolute atomic E-state index is 0.210. The number of sulfonamides is 1. The third-order valence-corrected chi connectivity index (χ3v) is 7.47. The molecule has 33 heavy (non-hydrogen) atoms. The number of ether oxygens (including phenoxy) is 1. The second kappa shape index (κ2) is 11.0. The Bertz CT molecular complexity index is 1120. The van der Waals surface area contributed by atoms with Gasteiger partial charge in [0.25, 0.3) is 0 Å². The van der Waals surface area contributed by atoms with Crippen molar-refractivity contribution in [3.63, 3.8) is 0 Å². The normalized spacial score (nSPS) is 13.5. The van der Waals surface area contributed by atoms with Crippen LogP contribution in [-0.4, -0.2) is 33.7 Å². The predicted molar refractivity (Wildman–Crippen MR) is 136 cm³/mol. The molecular weight excluding hydrogens is 483 g/mol. The molecule has 1 N–H and O–H groups in total. The van der Waals surface area contributed by atoms with Crippen LogP contribution in [-0.2, 0) is 14.8 Å². The molecule has 0 aromatic heterocycles. The summed E-state index contributed by atoms with van der Waals surface area (Å²) in [6, 6.07) is 7.21. The highest BCUT2D eigenvalue weighted by molar-refractivity contribution is 7.92. The van der Waals surface area contributed by atoms with Crippen molar-refractivity contribution in [2.24, 2.45) is 0 Å². The summed E-state index contributed by atoms with van der Waals surface area (Å²) in [5.41, 5.74) is 3.24. The van der Waals surface area contributed by atoms with E-state index in [4.69, 9.17) is 27.9 Å². The van der Waals surface area contributed by atoms with Crippen LogP contribution in [0.15, 0.2) is 30.3 Å². The summed E-state index contributed by atoms with van der Waals surface area (Å²) in [5.74, 6) is 0.642. The number of methoxy groups -OCH3 is 1. The fourth-order valence-electron chi connectivity index (χ4n) is 3.88. The van der Waals surface area contributed by atoms with Crippen LogP contribution >= 0.6 is 23.2 Å². The van der Waals surface area contributed by atoms with Gasteiger partial charge in [-0.05, 0) is 73.2 Å². The van der Waals surface area contributed by atoms with Crippen molar-refractivity contribution in [3.8, 4) is 5.75 Å². The Morgan fingerprint density at radius 3 is 2.21 bits per heavy atom. The van der Waals surface area contributed by atoms with E-state index in [1.807, 2.05) is 26.0 Å². The van der Waals surface area contributed by atoms with Gasteiger partial charge in [0, 0.05) is 0 Å². The zero-order valence-corrected chi connectivity index (χ0v) is 22.4. The largest absolute Gasteiger partial charge is 0.496 e. The van der Waals surface area contributed by atoms with Gasteiger partial charge in [0.15, 0.2) is 0 Å². The van der Waals surface area contributed by atoms with E-state index in [1.165, 1.54) is 18.2 Å². The summed E-state index contributed by atoms with van der Waals surface area (Å²) in [6.45, 7) is 9.76. The first-order valence-electron chi connectivity index (χ1n) is 10.7. The molecule has 0 spiro atoms. The first-order valence-corrected chi connectivity index (χ1v) is 13.3. The molecule has 2 aromatic carbocycles. The molecule has 0 aliphatic rings. The van der Waals surface area contributed by atoms with Crippen LogP contribution < -0.4 is 14.4 Å². The summed E-state index contributed by atoms with van der Waals surface area (Å²) >= 11 is 12.1. The maximum absolute atomic E-state index is 13.3. The summed E-state index contributed by atoms with van der Waals surface area (Å²) < 4.78 is 32.0. The number of carbonyl (C=O) groups is 1. The van der Waals surface area contributed by atoms with Gasteiger partial charge in [0.05, 0.1) is 35.1 Å². The molecule has 2 atom stereocenters. The van der Waals surface area contributed by atoms with E-state index >= 15 is 0 Å². The van der Waals surface area contributed by atoms with Gasteiger partial charge in [0.1, 0.15) is 11.8 Å². The Morgan fingerprint density at radius 1 is 1.09 bits per heavy atom. The molecule has 0 unspecified atom stereocenters. The molecule has 2 rings (SSSR count). The van der Waals surface area contributed by atoms with Crippen LogP contribution in [0.2, 0.25) is 10.0 Å². The van der Waals surface area contributed by atoms with E-state index in [2.05, 4.69) is 19.2 Å². The second-order valence-corrected chi connectivity index (χ2v) is 11.1. The lowest BCUT2D eigenvalue weighted by molar-refractivity contribution is -0.122. The molecule has 6 nitrogen and oxygen atoms in total. The number of hydrogen-bond donors (Lipinski definition) is 1. The number of rotatable bonds is 9. The number of benzene rings is 2. The highest BCUT2D eigenvalue weighted by atomic mass is 35.5. The van der Waals surface area contributed by atoms with E-state index in [0.717, 1.165) is 33.0 Å². The smallest absolute Gasteiger partial charge is 0.244 e. The number of amides is 1. The molecule has 1 amide bonds. The first-order chi connectivity index (χ1) is 15.3. The summed E-state index contributed by atoms with van der Waals surface area (Å²) in [7, 11) is -2.15. The Kier molecular flexibility index (Phi) is 9.08. The predicted octanol–water partition coefficient (Wildman–Crippen LogP) is 5.86. The number of halogens is 2. The van der Waals surface area contributed by atoms with E-state index in [9.17, 15) is 13.2 Å². The van der Waals surface area contributed by atoms with Crippen molar-refractivity contribution in [1.82, 2.24) is 5.32 Å². The molecule has 9 heteroatoms. The van der Waals surface area contributed by atoms with E-state index < -0.39 is 22.0 Å². The zero-order valence-electron chi connectivity index (χ0n) is 20.1. The molecule has 0 saturated carbocycles. The summed E-state index contributed by atoms with van der Waals surface area (Å²) in [6.07, 6.45) is 1.34. The van der Waals surface area contributed by atoms with Crippen LogP contribution in [0, 0.1) is 6.92 Å². The van der Waals surface area contributed by atoms with Crippen LogP contribution in [0.4, 0.5) is 5.69 Å². The number of nitrogens with zero attached hydrogens (tertiary/aromatic N) is 1. The van der Waals surface area contributed by atoms with Gasteiger partial charge >= 0.3 is 0 Å². The van der Waals surface area contributed by atoms with Gasteiger partial charge in [0.2, 0.25) is 15.9 Å². The van der Waals surface area contributed by atoms with Crippen molar-refractivity contribution in [3.05, 3.63) is 57.1 Å². The van der Waals surface area contributed by atoms with E-state index in [-0.39, 0.29) is 29.1 Å². The van der Waals surface area contributed by atoms with Crippen molar-refractivity contribution < 1.29 is 17.9 Å². The topological polar surface area (TPSA) is 75.7 Å². The van der Waals surface area contributed by atoms with Crippen LogP contribution in [0.5, 0.6) is 5.75 Å². The van der Waals surface area contributed by atoms with Crippen molar-refractivity contribution in [2.75, 3.05) is 17.7 Å². The molecule has 0 fully saturated rings. The Labute approximate surface area is 207 Å². The van der Waals surface area contributed by atoms with Gasteiger partial charge in [-0.25, -0.2) is 8.42 Å². The Balaban J connectivity index is 2.41. The third-order valence-electron chi connectivity index (χ3n) is 5.55. The van der Waals surface area contributed by atoms with Crippen molar-refractivity contribution >= 4 is 44.8 Å². The lowest BCUT2D eigenvalue weighted by Gasteiger charge is -2.31. The molecule has 0 saturated heterocycles. The number of aryl methyl sites for hydroxylation is 1. The maximum atomic E-state index is 13.3.